The molecular formula is C12H10BrF3N2O. The molecule has 0 aliphatic rings. The lowest BCUT2D eigenvalue weighted by Crippen LogP contribution is -2.15. The number of benzene rings is 1. The van der Waals surface area contributed by atoms with Crippen LogP contribution < -0.4 is 5.56 Å². The van der Waals surface area contributed by atoms with Crippen molar-refractivity contribution in [2.24, 2.45) is 0 Å². The van der Waals surface area contributed by atoms with Crippen molar-refractivity contribution in [2.45, 2.75) is 26.4 Å². The standard InChI is InChI=1S/C12H10BrF3N2O/c1-3-6-4-7-10(17-5(2)18-11(7)19)9(13)8(6)12(14,15)16/h4H,3H2,1-2H3,(H,17,18,19). The monoisotopic (exact) mass is 334 g/mol. The summed E-state index contributed by atoms with van der Waals surface area (Å²) in [5.74, 6) is 0.274. The largest absolute Gasteiger partial charge is 0.417 e. The third-order valence-corrected chi connectivity index (χ3v) is 3.58. The Morgan fingerprint density at radius 3 is 2.58 bits per heavy atom. The number of rotatable bonds is 1. The molecule has 1 heterocycles. The third-order valence-electron chi connectivity index (χ3n) is 2.81. The molecule has 0 saturated heterocycles. The summed E-state index contributed by atoms with van der Waals surface area (Å²) in [5.41, 5.74) is -1.10. The summed E-state index contributed by atoms with van der Waals surface area (Å²) < 4.78 is 39.1. The number of aryl methyl sites for hydroxylation is 2. The Kier molecular flexibility index (Phi) is 3.42. The summed E-state index contributed by atoms with van der Waals surface area (Å²) in [5, 5.41) is 0.155. The Bertz CT molecular complexity index is 707. The zero-order chi connectivity index (χ0) is 14.4. The Morgan fingerprint density at radius 2 is 2.05 bits per heavy atom. The van der Waals surface area contributed by atoms with Gasteiger partial charge in [0.2, 0.25) is 0 Å². The van der Waals surface area contributed by atoms with Gasteiger partial charge in [0.25, 0.3) is 5.56 Å². The normalized spacial score (nSPS) is 12.1. The number of fused-ring (bicyclic) bond motifs is 1. The van der Waals surface area contributed by atoms with E-state index in [2.05, 4.69) is 25.9 Å². The molecule has 2 aromatic rings. The fourth-order valence-corrected chi connectivity index (χ4v) is 2.77. The van der Waals surface area contributed by atoms with E-state index < -0.39 is 17.3 Å². The maximum absolute atomic E-state index is 13.1. The van der Waals surface area contributed by atoms with Crippen molar-refractivity contribution >= 4 is 26.8 Å². The minimum absolute atomic E-state index is 0.0331. The molecule has 3 nitrogen and oxygen atoms in total. The van der Waals surface area contributed by atoms with Crippen LogP contribution in [0.25, 0.3) is 10.9 Å². The summed E-state index contributed by atoms with van der Waals surface area (Å²) in [6, 6.07) is 1.26. The van der Waals surface area contributed by atoms with Gasteiger partial charge < -0.3 is 4.98 Å². The van der Waals surface area contributed by atoms with Crippen molar-refractivity contribution in [3.8, 4) is 0 Å². The van der Waals surface area contributed by atoms with Crippen LogP contribution in [0.15, 0.2) is 15.3 Å². The lowest BCUT2D eigenvalue weighted by atomic mass is 10.0. The maximum atomic E-state index is 13.1. The molecule has 0 radical (unpaired) electrons. The van der Waals surface area contributed by atoms with Gasteiger partial charge in [-0.3, -0.25) is 4.79 Å². The average molecular weight is 335 g/mol. The maximum Gasteiger partial charge on any atom is 0.417 e. The highest BCUT2D eigenvalue weighted by Gasteiger charge is 2.36. The molecule has 7 heteroatoms. The summed E-state index contributed by atoms with van der Waals surface area (Å²) in [7, 11) is 0. The van der Waals surface area contributed by atoms with E-state index >= 15 is 0 Å². The Labute approximate surface area is 115 Å². The van der Waals surface area contributed by atoms with Gasteiger partial charge in [0.1, 0.15) is 5.82 Å². The Morgan fingerprint density at radius 1 is 1.42 bits per heavy atom. The van der Waals surface area contributed by atoms with E-state index in [1.165, 1.54) is 13.0 Å². The quantitative estimate of drug-likeness (QED) is 0.866. The Balaban J connectivity index is 2.99. The van der Waals surface area contributed by atoms with Crippen molar-refractivity contribution in [2.75, 3.05) is 0 Å². The highest BCUT2D eigenvalue weighted by molar-refractivity contribution is 9.10. The molecule has 1 N–H and O–H groups in total. The zero-order valence-corrected chi connectivity index (χ0v) is 11.7. The van der Waals surface area contributed by atoms with Crippen LogP contribution in [0.1, 0.15) is 23.9 Å². The molecule has 1 aromatic carbocycles. The van der Waals surface area contributed by atoms with Crippen molar-refractivity contribution in [1.29, 1.82) is 0 Å². The summed E-state index contributed by atoms with van der Waals surface area (Å²) >= 11 is 2.94. The van der Waals surface area contributed by atoms with Crippen molar-refractivity contribution < 1.29 is 13.2 Å². The van der Waals surface area contributed by atoms with Crippen molar-refractivity contribution in [3.05, 3.63) is 37.8 Å². The first-order chi connectivity index (χ1) is 8.75. The van der Waals surface area contributed by atoms with Gasteiger partial charge in [-0.15, -0.1) is 0 Å². The summed E-state index contributed by atoms with van der Waals surface area (Å²) in [6.45, 7) is 3.13. The van der Waals surface area contributed by atoms with Crippen LogP contribution in [0, 0.1) is 6.92 Å². The molecule has 0 spiro atoms. The molecule has 0 saturated carbocycles. The number of nitrogens with zero attached hydrogens (tertiary/aromatic N) is 1. The zero-order valence-electron chi connectivity index (χ0n) is 10.2. The van der Waals surface area contributed by atoms with Crippen LogP contribution >= 0.6 is 15.9 Å². The number of hydrogen-bond donors (Lipinski definition) is 1. The Hall–Kier alpha value is -1.37. The fourth-order valence-electron chi connectivity index (χ4n) is 1.99. The first kappa shape index (κ1) is 14.0. The van der Waals surface area contributed by atoms with E-state index in [-0.39, 0.29) is 33.2 Å². The number of halogens is 4. The number of alkyl halides is 3. The molecule has 102 valence electrons. The molecule has 0 atom stereocenters. The van der Waals surface area contributed by atoms with Gasteiger partial charge in [0, 0.05) is 0 Å². The summed E-state index contributed by atoms with van der Waals surface area (Å²) in [6.07, 6.45) is -4.31. The fraction of sp³-hybridized carbons (Fsp3) is 0.333. The van der Waals surface area contributed by atoms with E-state index in [1.54, 1.807) is 6.92 Å². The third kappa shape index (κ3) is 2.39. The molecule has 19 heavy (non-hydrogen) atoms. The second kappa shape index (κ2) is 4.63. The van der Waals surface area contributed by atoms with Gasteiger partial charge >= 0.3 is 6.18 Å². The lowest BCUT2D eigenvalue weighted by Gasteiger charge is -2.15. The first-order valence-electron chi connectivity index (χ1n) is 5.55. The highest BCUT2D eigenvalue weighted by atomic mass is 79.9. The van der Waals surface area contributed by atoms with Gasteiger partial charge in [0.05, 0.1) is 20.9 Å². The summed E-state index contributed by atoms with van der Waals surface area (Å²) in [4.78, 5) is 18.2. The van der Waals surface area contributed by atoms with Crippen LogP contribution in [0.2, 0.25) is 0 Å². The molecule has 0 bridgehead atoms. The molecular weight excluding hydrogens is 325 g/mol. The predicted molar refractivity (Wildman–Crippen MR) is 69.2 cm³/mol. The molecule has 0 fully saturated rings. The number of nitrogens with one attached hydrogen (secondary N) is 1. The number of aromatic amines is 1. The number of H-pyrrole nitrogens is 1. The average Bonchev–Trinajstić information content (AvgIpc) is 2.28. The van der Waals surface area contributed by atoms with Crippen LogP contribution in [0.4, 0.5) is 13.2 Å². The molecule has 2 rings (SSSR count). The van der Waals surface area contributed by atoms with E-state index in [0.29, 0.717) is 0 Å². The number of hydrogen-bond acceptors (Lipinski definition) is 2. The van der Waals surface area contributed by atoms with Gasteiger partial charge in [-0.25, -0.2) is 4.98 Å². The second-order valence-corrected chi connectivity index (χ2v) is 4.92. The van der Waals surface area contributed by atoms with Crippen LogP contribution in [0.5, 0.6) is 0 Å². The van der Waals surface area contributed by atoms with Crippen molar-refractivity contribution in [1.82, 2.24) is 9.97 Å². The topological polar surface area (TPSA) is 45.8 Å². The SMILES string of the molecule is CCc1cc2c(=O)[nH]c(C)nc2c(Br)c1C(F)(F)F. The molecule has 1 aromatic heterocycles. The van der Waals surface area contributed by atoms with Crippen LogP contribution in [0.3, 0.4) is 0 Å². The van der Waals surface area contributed by atoms with Crippen LogP contribution in [-0.4, -0.2) is 9.97 Å². The van der Waals surface area contributed by atoms with E-state index in [9.17, 15) is 18.0 Å². The van der Waals surface area contributed by atoms with Crippen LogP contribution in [-0.2, 0) is 12.6 Å². The molecule has 0 aliphatic heterocycles. The predicted octanol–water partition coefficient (Wildman–Crippen LogP) is 3.58. The second-order valence-electron chi connectivity index (χ2n) is 4.12. The minimum Gasteiger partial charge on any atom is -0.310 e. The molecule has 0 amide bonds. The molecule has 0 unspecified atom stereocenters. The van der Waals surface area contributed by atoms with Gasteiger partial charge in [-0.1, -0.05) is 6.92 Å². The van der Waals surface area contributed by atoms with E-state index in [1.807, 2.05) is 0 Å². The smallest absolute Gasteiger partial charge is 0.310 e. The van der Waals surface area contributed by atoms with Gasteiger partial charge in [0.15, 0.2) is 0 Å². The van der Waals surface area contributed by atoms with E-state index in [0.717, 1.165) is 0 Å². The lowest BCUT2D eigenvalue weighted by molar-refractivity contribution is -0.138. The van der Waals surface area contributed by atoms with Crippen molar-refractivity contribution in [3.63, 3.8) is 0 Å². The highest BCUT2D eigenvalue weighted by Crippen LogP contribution is 2.40. The van der Waals surface area contributed by atoms with E-state index in [4.69, 9.17) is 0 Å². The minimum atomic E-state index is -4.49. The number of aromatic nitrogens is 2. The first-order valence-corrected chi connectivity index (χ1v) is 6.34. The van der Waals surface area contributed by atoms with Gasteiger partial charge in [-0.2, -0.15) is 13.2 Å². The molecule has 0 aliphatic carbocycles. The van der Waals surface area contributed by atoms with Gasteiger partial charge in [-0.05, 0) is 40.9 Å².